The maximum atomic E-state index is 13.5. The number of carbonyl (C=O) groups is 1. The zero-order valence-electron chi connectivity index (χ0n) is 20.1. The van der Waals surface area contributed by atoms with Gasteiger partial charge in [0.1, 0.15) is 23.3 Å². The highest BCUT2D eigenvalue weighted by molar-refractivity contribution is 7.89. The number of ether oxygens (including phenoxy) is 2. The Morgan fingerprint density at radius 1 is 1.11 bits per heavy atom. The highest BCUT2D eigenvalue weighted by atomic mass is 32.2. The largest absolute Gasteiger partial charge is 0.489 e. The first-order valence-electron chi connectivity index (χ1n) is 12.3. The van der Waals surface area contributed by atoms with Gasteiger partial charge in [0.2, 0.25) is 15.9 Å². The molecule has 1 atom stereocenters. The van der Waals surface area contributed by atoms with Crippen LogP contribution in [0, 0.1) is 6.92 Å². The van der Waals surface area contributed by atoms with Gasteiger partial charge in [-0.05, 0) is 56.0 Å². The number of benzene rings is 2. The Balaban J connectivity index is 1.20. The predicted molar refractivity (Wildman–Crippen MR) is 135 cm³/mol. The fourth-order valence-electron chi connectivity index (χ4n) is 5.33. The summed E-state index contributed by atoms with van der Waals surface area (Å²) in [5.74, 6) is 0.375. The van der Waals surface area contributed by atoms with Crippen molar-refractivity contribution in [1.82, 2.24) is 14.5 Å². The molecule has 3 aliphatic rings. The Labute approximate surface area is 209 Å². The third kappa shape index (κ3) is 4.00. The highest BCUT2D eigenvalue weighted by Crippen LogP contribution is 2.37. The van der Waals surface area contributed by atoms with Gasteiger partial charge in [-0.15, -0.1) is 0 Å². The lowest BCUT2D eigenvalue weighted by atomic mass is 10.0. The number of nitrogens with one attached hydrogen (secondary N) is 2. The number of aromatic nitrogens is 2. The maximum Gasteiger partial charge on any atom is 0.245 e. The van der Waals surface area contributed by atoms with Crippen molar-refractivity contribution in [3.63, 3.8) is 0 Å². The molecule has 0 bridgehead atoms. The second-order valence-electron chi connectivity index (χ2n) is 9.57. The van der Waals surface area contributed by atoms with Crippen LogP contribution in [0.4, 0.5) is 11.4 Å². The lowest BCUT2D eigenvalue weighted by Gasteiger charge is -2.40. The van der Waals surface area contributed by atoms with Gasteiger partial charge in [-0.3, -0.25) is 9.89 Å². The minimum absolute atomic E-state index is 0.142. The number of amides is 1. The molecule has 1 amide bonds. The van der Waals surface area contributed by atoms with E-state index >= 15 is 0 Å². The number of rotatable bonds is 5. The molecule has 4 heterocycles. The van der Waals surface area contributed by atoms with Gasteiger partial charge >= 0.3 is 0 Å². The van der Waals surface area contributed by atoms with Crippen molar-refractivity contribution in [2.75, 3.05) is 43.1 Å². The molecule has 11 heteroatoms. The molecule has 0 saturated carbocycles. The number of H-pyrrole nitrogens is 1. The van der Waals surface area contributed by atoms with Crippen LogP contribution < -0.4 is 15.0 Å². The predicted octanol–water partition coefficient (Wildman–Crippen LogP) is 2.65. The molecule has 6 rings (SSSR count). The average molecular weight is 512 g/mol. The lowest BCUT2D eigenvalue weighted by Crippen LogP contribution is -2.56. The topological polar surface area (TPSA) is 117 Å². The van der Waals surface area contributed by atoms with Crippen molar-refractivity contribution in [3.8, 4) is 5.75 Å². The van der Waals surface area contributed by atoms with E-state index in [0.717, 1.165) is 55.0 Å². The van der Waals surface area contributed by atoms with Crippen LogP contribution in [0.25, 0.3) is 10.9 Å². The van der Waals surface area contributed by atoms with Crippen LogP contribution >= 0.6 is 0 Å². The summed E-state index contributed by atoms with van der Waals surface area (Å²) in [5.41, 5.74) is 2.87. The fraction of sp³-hybridized carbons (Fsp3) is 0.440. The Morgan fingerprint density at radius 2 is 1.94 bits per heavy atom. The van der Waals surface area contributed by atoms with Gasteiger partial charge in [0.25, 0.3) is 0 Å². The van der Waals surface area contributed by atoms with E-state index in [4.69, 9.17) is 9.47 Å². The zero-order valence-corrected chi connectivity index (χ0v) is 20.9. The minimum atomic E-state index is -3.88. The van der Waals surface area contributed by atoms with E-state index in [1.807, 2.05) is 31.2 Å². The van der Waals surface area contributed by atoms with E-state index in [2.05, 4.69) is 20.4 Å². The monoisotopic (exact) mass is 511 g/mol. The Bertz CT molecular complexity index is 1420. The number of carbonyl (C=O) groups excluding carboxylic acids is 1. The van der Waals surface area contributed by atoms with Gasteiger partial charge in [-0.1, -0.05) is 0 Å². The zero-order chi connectivity index (χ0) is 24.9. The summed E-state index contributed by atoms with van der Waals surface area (Å²) in [7, 11) is -3.88. The molecule has 2 fully saturated rings. The van der Waals surface area contributed by atoms with E-state index in [0.29, 0.717) is 30.3 Å². The maximum absolute atomic E-state index is 13.5. The molecule has 0 unspecified atom stereocenters. The number of aromatic amines is 1. The minimum Gasteiger partial charge on any atom is -0.489 e. The van der Waals surface area contributed by atoms with Gasteiger partial charge in [0.15, 0.2) is 0 Å². The van der Waals surface area contributed by atoms with Crippen molar-refractivity contribution in [2.45, 2.75) is 43.2 Å². The first kappa shape index (κ1) is 23.3. The van der Waals surface area contributed by atoms with E-state index < -0.39 is 16.1 Å². The number of fused-ring (bicyclic) bond motifs is 2. The molecule has 3 aliphatic heterocycles. The SMILES string of the molecule is Cc1cc(S(=O)(=O)N2CC[C@H]2C(=O)Nc2ccc3c(c2)OCCN3C2CCOCC2)c2[nH]ncc2c1. The van der Waals surface area contributed by atoms with E-state index in [-0.39, 0.29) is 17.3 Å². The molecule has 2 N–H and O–H groups in total. The molecular formula is C25H29N5O5S. The molecule has 190 valence electrons. The van der Waals surface area contributed by atoms with Crippen LogP contribution in [0.15, 0.2) is 41.4 Å². The molecule has 36 heavy (non-hydrogen) atoms. The van der Waals surface area contributed by atoms with Crippen LogP contribution in [0.5, 0.6) is 5.75 Å². The Hall–Kier alpha value is -3.15. The molecule has 0 radical (unpaired) electrons. The first-order chi connectivity index (χ1) is 17.4. The van der Waals surface area contributed by atoms with Gasteiger partial charge in [0, 0.05) is 42.9 Å². The third-order valence-electron chi connectivity index (χ3n) is 7.27. The molecule has 2 aromatic carbocycles. The van der Waals surface area contributed by atoms with Crippen LogP contribution in [-0.4, -0.2) is 73.8 Å². The molecule has 2 saturated heterocycles. The Kier molecular flexibility index (Phi) is 5.85. The van der Waals surface area contributed by atoms with Gasteiger partial charge in [0.05, 0.1) is 23.9 Å². The quantitative estimate of drug-likeness (QED) is 0.541. The number of anilines is 2. The smallest absolute Gasteiger partial charge is 0.245 e. The number of hydrogen-bond donors (Lipinski definition) is 2. The second kappa shape index (κ2) is 9.06. The number of hydrogen-bond acceptors (Lipinski definition) is 7. The number of aryl methyl sites for hydroxylation is 1. The molecule has 10 nitrogen and oxygen atoms in total. The fourth-order valence-corrected chi connectivity index (χ4v) is 7.22. The standard InChI is InChI=1S/C25H29N5O5S/c1-16-12-17-15-26-28-24(17)23(13-16)36(32,33)30-7-4-21(30)25(31)27-18-2-3-20-22(14-18)35-11-8-29(20)19-5-9-34-10-6-19/h2-3,12-15,19,21H,4-11H2,1H3,(H,26,28)(H,27,31)/t21-/m0/s1. The van der Waals surface area contributed by atoms with Gasteiger partial charge in [-0.2, -0.15) is 9.40 Å². The van der Waals surface area contributed by atoms with Crippen LogP contribution in [0.1, 0.15) is 24.8 Å². The second-order valence-corrected chi connectivity index (χ2v) is 11.4. The molecule has 1 aromatic heterocycles. The highest BCUT2D eigenvalue weighted by Gasteiger charge is 2.43. The summed E-state index contributed by atoms with van der Waals surface area (Å²) in [5, 5.41) is 10.4. The van der Waals surface area contributed by atoms with Crippen LogP contribution in [0.3, 0.4) is 0 Å². The molecule has 3 aromatic rings. The third-order valence-corrected chi connectivity index (χ3v) is 9.21. The van der Waals surface area contributed by atoms with Crippen molar-refractivity contribution < 1.29 is 22.7 Å². The molecule has 0 spiro atoms. The summed E-state index contributed by atoms with van der Waals surface area (Å²) in [4.78, 5) is 15.6. The lowest BCUT2D eigenvalue weighted by molar-refractivity contribution is -0.122. The van der Waals surface area contributed by atoms with E-state index in [9.17, 15) is 13.2 Å². The number of nitrogens with zero attached hydrogens (tertiary/aromatic N) is 3. The molecular weight excluding hydrogens is 482 g/mol. The molecule has 0 aliphatic carbocycles. The summed E-state index contributed by atoms with van der Waals surface area (Å²) in [6, 6.07) is 8.78. The van der Waals surface area contributed by atoms with Gasteiger partial charge < -0.3 is 19.7 Å². The Morgan fingerprint density at radius 3 is 2.72 bits per heavy atom. The summed E-state index contributed by atoms with van der Waals surface area (Å²) in [6.45, 7) is 5.06. The van der Waals surface area contributed by atoms with Crippen LogP contribution in [0.2, 0.25) is 0 Å². The normalized spacial score (nSPS) is 21.0. The van der Waals surface area contributed by atoms with E-state index in [1.165, 1.54) is 4.31 Å². The van der Waals surface area contributed by atoms with Crippen molar-refractivity contribution in [3.05, 3.63) is 42.1 Å². The summed E-state index contributed by atoms with van der Waals surface area (Å²) < 4.78 is 39.6. The summed E-state index contributed by atoms with van der Waals surface area (Å²) in [6.07, 6.45) is 4.02. The van der Waals surface area contributed by atoms with Crippen molar-refractivity contribution in [1.29, 1.82) is 0 Å². The first-order valence-corrected chi connectivity index (χ1v) is 13.7. The average Bonchev–Trinajstić information content (AvgIpc) is 3.30. The van der Waals surface area contributed by atoms with Crippen LogP contribution in [-0.2, 0) is 19.6 Å². The number of sulfonamides is 1. The van der Waals surface area contributed by atoms with Gasteiger partial charge in [-0.25, -0.2) is 8.42 Å². The van der Waals surface area contributed by atoms with E-state index in [1.54, 1.807) is 12.3 Å². The van der Waals surface area contributed by atoms with Crippen molar-refractivity contribution in [2.24, 2.45) is 0 Å². The summed E-state index contributed by atoms with van der Waals surface area (Å²) >= 11 is 0. The van der Waals surface area contributed by atoms with Crippen molar-refractivity contribution >= 4 is 38.2 Å².